The van der Waals surface area contributed by atoms with Crippen LogP contribution in [0.15, 0.2) is 21.8 Å². The highest BCUT2D eigenvalue weighted by molar-refractivity contribution is 7.07. The van der Waals surface area contributed by atoms with Gasteiger partial charge in [0.1, 0.15) is 0 Å². The standard InChI is InChI=1S/C14H24N4OS/c1-3-7-16-13(19)5-8-17-14(15-4-2)18-10-12-6-9-20-11-12/h6,9,11H,3-5,7-8,10H2,1-2H3,(H,16,19)(H2,15,17,18). The Kier molecular flexibility index (Phi) is 8.46. The van der Waals surface area contributed by atoms with Crippen LogP contribution in [0.25, 0.3) is 0 Å². The predicted molar refractivity (Wildman–Crippen MR) is 85.1 cm³/mol. The number of carbonyl (C=O) groups is 1. The lowest BCUT2D eigenvalue weighted by Gasteiger charge is -2.11. The molecule has 0 radical (unpaired) electrons. The Labute approximate surface area is 124 Å². The topological polar surface area (TPSA) is 65.5 Å². The zero-order chi connectivity index (χ0) is 14.6. The van der Waals surface area contributed by atoms with Gasteiger partial charge in [-0.2, -0.15) is 11.3 Å². The lowest BCUT2D eigenvalue weighted by molar-refractivity contribution is -0.120. The van der Waals surface area contributed by atoms with Crippen molar-refractivity contribution in [3.8, 4) is 0 Å². The molecule has 0 aliphatic rings. The van der Waals surface area contributed by atoms with Crippen LogP contribution in [0.5, 0.6) is 0 Å². The molecule has 20 heavy (non-hydrogen) atoms. The van der Waals surface area contributed by atoms with Gasteiger partial charge in [0.15, 0.2) is 5.96 Å². The quantitative estimate of drug-likeness (QED) is 0.505. The number of hydrogen-bond acceptors (Lipinski definition) is 3. The number of guanidine groups is 1. The van der Waals surface area contributed by atoms with Gasteiger partial charge in [0, 0.05) is 26.1 Å². The summed E-state index contributed by atoms with van der Waals surface area (Å²) in [6.45, 7) is 6.85. The van der Waals surface area contributed by atoms with Gasteiger partial charge in [-0.1, -0.05) is 6.92 Å². The van der Waals surface area contributed by atoms with Crippen molar-refractivity contribution in [1.29, 1.82) is 0 Å². The molecule has 0 saturated carbocycles. The molecule has 0 saturated heterocycles. The normalized spacial score (nSPS) is 11.2. The van der Waals surface area contributed by atoms with Crippen molar-refractivity contribution in [3.63, 3.8) is 0 Å². The highest BCUT2D eigenvalue weighted by Gasteiger charge is 2.01. The third-order valence-corrected chi connectivity index (χ3v) is 3.29. The van der Waals surface area contributed by atoms with Crippen LogP contribution < -0.4 is 16.0 Å². The molecule has 0 unspecified atom stereocenters. The van der Waals surface area contributed by atoms with Gasteiger partial charge in [0.25, 0.3) is 0 Å². The first-order chi connectivity index (χ1) is 9.76. The highest BCUT2D eigenvalue weighted by Crippen LogP contribution is 2.06. The van der Waals surface area contributed by atoms with Crippen LogP contribution in [0, 0.1) is 0 Å². The minimum atomic E-state index is 0.0769. The number of nitrogens with one attached hydrogen (secondary N) is 3. The fraction of sp³-hybridized carbons (Fsp3) is 0.571. The second kappa shape index (κ2) is 10.3. The van der Waals surface area contributed by atoms with Gasteiger partial charge < -0.3 is 16.0 Å². The van der Waals surface area contributed by atoms with E-state index in [1.54, 1.807) is 11.3 Å². The molecule has 1 heterocycles. The molecule has 112 valence electrons. The summed E-state index contributed by atoms with van der Waals surface area (Å²) in [7, 11) is 0. The van der Waals surface area contributed by atoms with Crippen LogP contribution in [0.2, 0.25) is 0 Å². The van der Waals surface area contributed by atoms with E-state index >= 15 is 0 Å². The fourth-order valence-corrected chi connectivity index (χ4v) is 2.20. The van der Waals surface area contributed by atoms with Crippen LogP contribution in [-0.2, 0) is 11.3 Å². The summed E-state index contributed by atoms with van der Waals surface area (Å²) in [5, 5.41) is 13.3. The summed E-state index contributed by atoms with van der Waals surface area (Å²) in [4.78, 5) is 16.0. The maximum Gasteiger partial charge on any atom is 0.221 e. The number of amides is 1. The third-order valence-electron chi connectivity index (χ3n) is 2.56. The Morgan fingerprint density at radius 1 is 1.25 bits per heavy atom. The Hall–Kier alpha value is -1.56. The number of nitrogens with zero attached hydrogens (tertiary/aromatic N) is 1. The number of thiophene rings is 1. The molecule has 0 aliphatic heterocycles. The van der Waals surface area contributed by atoms with Crippen LogP contribution in [0.3, 0.4) is 0 Å². The van der Waals surface area contributed by atoms with E-state index in [9.17, 15) is 4.79 Å². The van der Waals surface area contributed by atoms with Gasteiger partial charge in [-0.05, 0) is 35.7 Å². The second-order valence-corrected chi connectivity index (χ2v) is 5.13. The monoisotopic (exact) mass is 296 g/mol. The smallest absolute Gasteiger partial charge is 0.221 e. The predicted octanol–water partition coefficient (Wildman–Crippen LogP) is 1.72. The van der Waals surface area contributed by atoms with Gasteiger partial charge >= 0.3 is 0 Å². The average molecular weight is 296 g/mol. The molecule has 5 nitrogen and oxygen atoms in total. The van der Waals surface area contributed by atoms with Crippen molar-refractivity contribution in [2.45, 2.75) is 33.2 Å². The zero-order valence-electron chi connectivity index (χ0n) is 12.2. The van der Waals surface area contributed by atoms with Crippen molar-refractivity contribution < 1.29 is 4.79 Å². The molecular weight excluding hydrogens is 272 g/mol. The average Bonchev–Trinajstić information content (AvgIpc) is 2.95. The molecule has 1 rings (SSSR count). The SMILES string of the molecule is CCCNC(=O)CCNC(=NCc1ccsc1)NCC. The Morgan fingerprint density at radius 2 is 2.10 bits per heavy atom. The van der Waals surface area contributed by atoms with E-state index in [-0.39, 0.29) is 5.91 Å². The minimum absolute atomic E-state index is 0.0769. The van der Waals surface area contributed by atoms with Crippen molar-refractivity contribution >= 4 is 23.2 Å². The number of carbonyl (C=O) groups excluding carboxylic acids is 1. The number of hydrogen-bond donors (Lipinski definition) is 3. The molecule has 0 aromatic carbocycles. The molecule has 0 aliphatic carbocycles. The van der Waals surface area contributed by atoms with E-state index in [1.807, 2.05) is 19.2 Å². The van der Waals surface area contributed by atoms with Gasteiger partial charge in [-0.15, -0.1) is 0 Å². The number of rotatable bonds is 8. The third kappa shape index (κ3) is 7.13. The van der Waals surface area contributed by atoms with Gasteiger partial charge in [-0.3, -0.25) is 4.79 Å². The van der Waals surface area contributed by atoms with Crippen LogP contribution in [0.4, 0.5) is 0 Å². The van der Waals surface area contributed by atoms with Crippen molar-refractivity contribution in [1.82, 2.24) is 16.0 Å². The van der Waals surface area contributed by atoms with E-state index in [0.29, 0.717) is 19.5 Å². The maximum absolute atomic E-state index is 11.5. The first-order valence-corrected chi connectivity index (χ1v) is 8.00. The van der Waals surface area contributed by atoms with Crippen molar-refractivity contribution in [3.05, 3.63) is 22.4 Å². The van der Waals surface area contributed by atoms with E-state index in [1.165, 1.54) is 5.56 Å². The van der Waals surface area contributed by atoms with Gasteiger partial charge in [0.2, 0.25) is 5.91 Å². The molecule has 0 spiro atoms. The molecular formula is C14H24N4OS. The lowest BCUT2D eigenvalue weighted by atomic mass is 10.3. The fourth-order valence-electron chi connectivity index (χ4n) is 1.54. The molecule has 0 atom stereocenters. The maximum atomic E-state index is 11.5. The summed E-state index contributed by atoms with van der Waals surface area (Å²) < 4.78 is 0. The van der Waals surface area contributed by atoms with Crippen molar-refractivity contribution in [2.75, 3.05) is 19.6 Å². The molecule has 6 heteroatoms. The van der Waals surface area contributed by atoms with Crippen LogP contribution >= 0.6 is 11.3 Å². The Bertz CT molecular complexity index is 403. The number of aliphatic imine (C=N–C) groups is 1. The molecule has 0 fully saturated rings. The summed E-state index contributed by atoms with van der Waals surface area (Å²) in [6.07, 6.45) is 1.42. The molecule has 1 aromatic heterocycles. The lowest BCUT2D eigenvalue weighted by Crippen LogP contribution is -2.39. The first kappa shape index (κ1) is 16.5. The summed E-state index contributed by atoms with van der Waals surface area (Å²) in [5.74, 6) is 0.829. The zero-order valence-corrected chi connectivity index (χ0v) is 13.1. The Balaban J connectivity index is 2.31. The minimum Gasteiger partial charge on any atom is -0.357 e. The van der Waals surface area contributed by atoms with Gasteiger partial charge in [-0.25, -0.2) is 4.99 Å². The highest BCUT2D eigenvalue weighted by atomic mass is 32.1. The largest absolute Gasteiger partial charge is 0.357 e. The molecule has 0 bridgehead atoms. The molecule has 1 amide bonds. The second-order valence-electron chi connectivity index (χ2n) is 4.35. The van der Waals surface area contributed by atoms with E-state index < -0.39 is 0 Å². The summed E-state index contributed by atoms with van der Waals surface area (Å²) in [5.41, 5.74) is 1.20. The van der Waals surface area contributed by atoms with E-state index in [4.69, 9.17) is 0 Å². The van der Waals surface area contributed by atoms with E-state index in [0.717, 1.165) is 25.5 Å². The summed E-state index contributed by atoms with van der Waals surface area (Å²) >= 11 is 1.67. The van der Waals surface area contributed by atoms with Crippen LogP contribution in [0.1, 0.15) is 32.3 Å². The van der Waals surface area contributed by atoms with E-state index in [2.05, 4.69) is 32.4 Å². The van der Waals surface area contributed by atoms with Crippen LogP contribution in [-0.4, -0.2) is 31.5 Å². The first-order valence-electron chi connectivity index (χ1n) is 7.06. The van der Waals surface area contributed by atoms with Gasteiger partial charge in [0.05, 0.1) is 6.54 Å². The Morgan fingerprint density at radius 3 is 2.75 bits per heavy atom. The molecule has 1 aromatic rings. The van der Waals surface area contributed by atoms with Crippen molar-refractivity contribution in [2.24, 2.45) is 4.99 Å². The summed E-state index contributed by atoms with van der Waals surface area (Å²) in [6, 6.07) is 2.07. The molecule has 3 N–H and O–H groups in total.